The average molecular weight is 253 g/mol. The highest BCUT2D eigenvalue weighted by Crippen LogP contribution is 2.34. The molecule has 2 nitrogen and oxygen atoms in total. The fourth-order valence-electron chi connectivity index (χ4n) is 3.94. The largest absolute Gasteiger partial charge is 0.393 e. The van der Waals surface area contributed by atoms with Gasteiger partial charge >= 0.3 is 0 Å². The van der Waals surface area contributed by atoms with Crippen molar-refractivity contribution in [2.75, 3.05) is 0 Å². The minimum absolute atomic E-state index is 0.0331. The Morgan fingerprint density at radius 1 is 1.00 bits per heavy atom. The number of hydrogen-bond donors (Lipinski definition) is 2. The molecule has 2 saturated carbocycles. The van der Waals surface area contributed by atoms with Crippen LogP contribution >= 0.6 is 0 Å². The molecular weight excluding hydrogens is 222 g/mol. The third-order valence-electron chi connectivity index (χ3n) is 5.17. The Balaban J connectivity index is 1.88. The third kappa shape index (κ3) is 3.71. The van der Waals surface area contributed by atoms with E-state index < -0.39 is 0 Å². The van der Waals surface area contributed by atoms with Gasteiger partial charge in [0.05, 0.1) is 6.10 Å². The number of aliphatic hydroxyl groups excluding tert-OH is 1. The molecule has 0 bridgehead atoms. The van der Waals surface area contributed by atoms with Crippen LogP contribution < -0.4 is 5.32 Å². The SMILES string of the molecule is CC1CCC(C(C)C)C(NC2CCC(O)CC2)C1. The van der Waals surface area contributed by atoms with Gasteiger partial charge in [0.15, 0.2) is 0 Å². The van der Waals surface area contributed by atoms with Crippen LogP contribution in [0, 0.1) is 17.8 Å². The van der Waals surface area contributed by atoms with Gasteiger partial charge in [-0.1, -0.05) is 27.2 Å². The van der Waals surface area contributed by atoms with E-state index >= 15 is 0 Å². The van der Waals surface area contributed by atoms with E-state index in [1.165, 1.54) is 19.3 Å². The summed E-state index contributed by atoms with van der Waals surface area (Å²) < 4.78 is 0. The predicted molar refractivity (Wildman–Crippen MR) is 76.5 cm³/mol. The zero-order valence-corrected chi connectivity index (χ0v) is 12.4. The molecule has 0 saturated heterocycles. The minimum atomic E-state index is -0.0331. The molecule has 18 heavy (non-hydrogen) atoms. The number of nitrogens with one attached hydrogen (secondary N) is 1. The Hall–Kier alpha value is -0.0800. The van der Waals surface area contributed by atoms with E-state index in [1.54, 1.807) is 0 Å². The topological polar surface area (TPSA) is 32.3 Å². The van der Waals surface area contributed by atoms with Crippen molar-refractivity contribution in [1.29, 1.82) is 0 Å². The molecular formula is C16H31NO. The summed E-state index contributed by atoms with van der Waals surface area (Å²) in [6, 6.07) is 1.37. The zero-order valence-electron chi connectivity index (χ0n) is 12.4. The van der Waals surface area contributed by atoms with Crippen LogP contribution in [0.15, 0.2) is 0 Å². The van der Waals surface area contributed by atoms with Crippen molar-refractivity contribution in [2.24, 2.45) is 17.8 Å². The lowest BCUT2D eigenvalue weighted by molar-refractivity contribution is 0.0985. The van der Waals surface area contributed by atoms with Gasteiger partial charge in [-0.3, -0.25) is 0 Å². The molecule has 3 atom stereocenters. The fraction of sp³-hybridized carbons (Fsp3) is 1.00. The maximum absolute atomic E-state index is 9.59. The summed E-state index contributed by atoms with van der Waals surface area (Å²) in [6.45, 7) is 7.15. The third-order valence-corrected chi connectivity index (χ3v) is 5.17. The van der Waals surface area contributed by atoms with Crippen LogP contribution in [0.3, 0.4) is 0 Å². The molecule has 0 spiro atoms. The second-order valence-electron chi connectivity index (χ2n) is 7.10. The minimum Gasteiger partial charge on any atom is -0.393 e. The molecule has 0 aromatic heterocycles. The van der Waals surface area contributed by atoms with Crippen LogP contribution in [-0.4, -0.2) is 23.3 Å². The predicted octanol–water partition coefficient (Wildman–Crippen LogP) is 3.34. The summed E-state index contributed by atoms with van der Waals surface area (Å²) in [6.07, 6.45) is 8.43. The normalized spacial score (nSPS) is 42.2. The quantitative estimate of drug-likeness (QED) is 0.808. The van der Waals surface area contributed by atoms with Crippen LogP contribution in [0.4, 0.5) is 0 Å². The maximum Gasteiger partial charge on any atom is 0.0541 e. The van der Waals surface area contributed by atoms with Gasteiger partial charge < -0.3 is 10.4 Å². The van der Waals surface area contributed by atoms with Gasteiger partial charge in [-0.15, -0.1) is 0 Å². The van der Waals surface area contributed by atoms with Crippen molar-refractivity contribution < 1.29 is 5.11 Å². The van der Waals surface area contributed by atoms with E-state index in [-0.39, 0.29) is 6.10 Å². The first-order valence-electron chi connectivity index (χ1n) is 8.00. The fourth-order valence-corrected chi connectivity index (χ4v) is 3.94. The highest BCUT2D eigenvalue weighted by Gasteiger charge is 2.32. The number of hydrogen-bond acceptors (Lipinski definition) is 2. The summed E-state index contributed by atoms with van der Waals surface area (Å²) in [5.74, 6) is 2.53. The monoisotopic (exact) mass is 253 g/mol. The van der Waals surface area contributed by atoms with Gasteiger partial charge in [0.1, 0.15) is 0 Å². The van der Waals surface area contributed by atoms with Crippen molar-refractivity contribution in [3.63, 3.8) is 0 Å². The van der Waals surface area contributed by atoms with E-state index in [0.29, 0.717) is 12.1 Å². The van der Waals surface area contributed by atoms with Crippen molar-refractivity contribution in [3.8, 4) is 0 Å². The molecule has 106 valence electrons. The second-order valence-corrected chi connectivity index (χ2v) is 7.10. The molecule has 2 aliphatic rings. The first-order valence-corrected chi connectivity index (χ1v) is 8.00. The Bertz CT molecular complexity index is 245. The van der Waals surface area contributed by atoms with Crippen molar-refractivity contribution in [1.82, 2.24) is 5.32 Å². The lowest BCUT2D eigenvalue weighted by Crippen LogP contribution is -2.48. The molecule has 0 aliphatic heterocycles. The lowest BCUT2D eigenvalue weighted by Gasteiger charge is -2.41. The number of rotatable bonds is 3. The van der Waals surface area contributed by atoms with E-state index in [9.17, 15) is 5.11 Å². The van der Waals surface area contributed by atoms with Gasteiger partial charge in [-0.25, -0.2) is 0 Å². The first kappa shape index (κ1) is 14.3. The summed E-state index contributed by atoms with van der Waals surface area (Å²) >= 11 is 0. The maximum atomic E-state index is 9.59. The van der Waals surface area contributed by atoms with Crippen LogP contribution in [-0.2, 0) is 0 Å². The molecule has 0 amide bonds. The standard InChI is InChI=1S/C16H31NO/c1-11(2)15-9-4-12(3)10-16(15)17-13-5-7-14(18)8-6-13/h11-18H,4-10H2,1-3H3. The van der Waals surface area contributed by atoms with E-state index in [2.05, 4.69) is 26.1 Å². The molecule has 0 aromatic rings. The second kappa shape index (κ2) is 6.38. The van der Waals surface area contributed by atoms with Crippen LogP contribution in [0.5, 0.6) is 0 Å². The molecule has 2 aliphatic carbocycles. The summed E-state index contributed by atoms with van der Waals surface area (Å²) in [5.41, 5.74) is 0. The molecule has 2 rings (SSSR count). The smallest absolute Gasteiger partial charge is 0.0541 e. The molecule has 0 aromatic carbocycles. The van der Waals surface area contributed by atoms with Crippen molar-refractivity contribution in [2.45, 2.75) is 83.9 Å². The van der Waals surface area contributed by atoms with Gasteiger partial charge in [-0.05, 0) is 56.3 Å². The van der Waals surface area contributed by atoms with Crippen LogP contribution in [0.25, 0.3) is 0 Å². The van der Waals surface area contributed by atoms with Crippen molar-refractivity contribution in [3.05, 3.63) is 0 Å². The van der Waals surface area contributed by atoms with Crippen molar-refractivity contribution >= 4 is 0 Å². The van der Waals surface area contributed by atoms with Gasteiger partial charge in [0, 0.05) is 12.1 Å². The van der Waals surface area contributed by atoms with Crippen LogP contribution in [0.1, 0.15) is 65.7 Å². The Kier molecular flexibility index (Phi) is 5.08. The first-order chi connectivity index (χ1) is 8.56. The summed E-state index contributed by atoms with van der Waals surface area (Å²) in [4.78, 5) is 0. The Morgan fingerprint density at radius 2 is 1.67 bits per heavy atom. The van der Waals surface area contributed by atoms with Gasteiger partial charge in [-0.2, -0.15) is 0 Å². The lowest BCUT2D eigenvalue weighted by atomic mass is 9.73. The molecule has 2 fully saturated rings. The molecule has 0 radical (unpaired) electrons. The summed E-state index contributed by atoms with van der Waals surface area (Å²) in [7, 11) is 0. The highest BCUT2D eigenvalue weighted by atomic mass is 16.3. The Labute approximate surface area is 113 Å². The van der Waals surface area contributed by atoms with E-state index in [0.717, 1.165) is 43.4 Å². The van der Waals surface area contributed by atoms with E-state index in [4.69, 9.17) is 0 Å². The molecule has 2 heteroatoms. The summed E-state index contributed by atoms with van der Waals surface area (Å²) in [5, 5.41) is 13.5. The zero-order chi connectivity index (χ0) is 13.1. The molecule has 0 heterocycles. The Morgan fingerprint density at radius 3 is 2.28 bits per heavy atom. The van der Waals surface area contributed by atoms with E-state index in [1.807, 2.05) is 0 Å². The molecule has 3 unspecified atom stereocenters. The highest BCUT2D eigenvalue weighted by molar-refractivity contribution is 4.89. The van der Waals surface area contributed by atoms with Gasteiger partial charge in [0.25, 0.3) is 0 Å². The van der Waals surface area contributed by atoms with Gasteiger partial charge in [0.2, 0.25) is 0 Å². The van der Waals surface area contributed by atoms with Crippen LogP contribution in [0.2, 0.25) is 0 Å². The average Bonchev–Trinajstić information content (AvgIpc) is 2.32. The molecule has 2 N–H and O–H groups in total. The number of aliphatic hydroxyl groups is 1.